The summed E-state index contributed by atoms with van der Waals surface area (Å²) >= 11 is 0. The van der Waals surface area contributed by atoms with E-state index >= 15 is 0 Å². The van der Waals surface area contributed by atoms with Crippen molar-refractivity contribution >= 4 is 11.7 Å². The number of nitrogens with zero attached hydrogens (tertiary/aromatic N) is 4. The predicted molar refractivity (Wildman–Crippen MR) is 108 cm³/mol. The number of likely N-dealkylation sites (tertiary alicyclic amines) is 1. The highest BCUT2D eigenvalue weighted by Gasteiger charge is 2.27. The Balaban J connectivity index is 1.40. The van der Waals surface area contributed by atoms with Gasteiger partial charge in [0.2, 0.25) is 0 Å². The highest BCUT2D eigenvalue weighted by molar-refractivity contribution is 5.92. The maximum absolute atomic E-state index is 14.1. The second kappa shape index (κ2) is 8.45. The van der Waals surface area contributed by atoms with Crippen LogP contribution in [0.15, 0.2) is 36.4 Å². The van der Waals surface area contributed by atoms with Crippen LogP contribution in [-0.4, -0.2) is 67.0 Å². The Morgan fingerprint density at radius 3 is 2.41 bits per heavy atom. The van der Waals surface area contributed by atoms with E-state index in [0.717, 1.165) is 38.1 Å². The highest BCUT2D eigenvalue weighted by atomic mass is 19.1. The van der Waals surface area contributed by atoms with Crippen molar-refractivity contribution < 1.29 is 13.6 Å². The van der Waals surface area contributed by atoms with Crippen molar-refractivity contribution in [3.05, 3.63) is 59.3 Å². The number of carbonyl (C=O) groups excluding carboxylic acids is 1. The number of carbonyl (C=O) groups is 1. The molecule has 4 rings (SSSR count). The van der Waals surface area contributed by atoms with E-state index in [2.05, 4.69) is 21.8 Å². The number of amides is 1. The van der Waals surface area contributed by atoms with Crippen LogP contribution in [-0.2, 0) is 0 Å². The first kappa shape index (κ1) is 19.8. The fourth-order valence-corrected chi connectivity index (χ4v) is 4.14. The lowest BCUT2D eigenvalue weighted by atomic mass is 9.89. The van der Waals surface area contributed by atoms with Gasteiger partial charge in [-0.1, -0.05) is 12.1 Å². The average molecular weight is 400 g/mol. The molecule has 0 bridgehead atoms. The molecule has 0 spiro atoms. The van der Waals surface area contributed by atoms with Gasteiger partial charge in [-0.25, -0.2) is 13.8 Å². The van der Waals surface area contributed by atoms with Gasteiger partial charge >= 0.3 is 0 Å². The standard InChI is InChI=1S/C22H26F2N4O/c1-26-11-13-27(14-12-26)21-4-2-3-20(25-21)22(29)28-9-7-16(8-10-28)18-6-5-17(23)15-19(18)24/h2-6,15-16H,7-14H2,1H3. The van der Waals surface area contributed by atoms with Gasteiger partial charge in [0.25, 0.3) is 5.91 Å². The monoisotopic (exact) mass is 400 g/mol. The zero-order chi connectivity index (χ0) is 20.4. The molecule has 7 heteroatoms. The van der Waals surface area contributed by atoms with E-state index in [0.29, 0.717) is 37.2 Å². The van der Waals surface area contributed by atoms with Crippen LogP contribution in [0, 0.1) is 11.6 Å². The molecule has 0 saturated carbocycles. The number of hydrogen-bond acceptors (Lipinski definition) is 4. The minimum atomic E-state index is -0.565. The second-order valence-corrected chi connectivity index (χ2v) is 7.90. The molecule has 5 nitrogen and oxygen atoms in total. The van der Waals surface area contributed by atoms with Crippen molar-refractivity contribution in [3.63, 3.8) is 0 Å². The van der Waals surface area contributed by atoms with Gasteiger partial charge in [-0.05, 0) is 49.6 Å². The van der Waals surface area contributed by atoms with Crippen LogP contribution < -0.4 is 4.90 Å². The normalized spacial score (nSPS) is 18.9. The lowest BCUT2D eigenvalue weighted by Gasteiger charge is -2.34. The second-order valence-electron chi connectivity index (χ2n) is 7.90. The van der Waals surface area contributed by atoms with E-state index in [1.54, 1.807) is 11.0 Å². The Bertz CT molecular complexity index is 875. The molecule has 29 heavy (non-hydrogen) atoms. The van der Waals surface area contributed by atoms with Crippen LogP contribution in [0.1, 0.15) is 34.8 Å². The SMILES string of the molecule is CN1CCN(c2cccc(C(=O)N3CCC(c4ccc(F)cc4F)CC3)n2)CC1. The largest absolute Gasteiger partial charge is 0.354 e. The number of hydrogen-bond donors (Lipinski definition) is 0. The van der Waals surface area contributed by atoms with Crippen molar-refractivity contribution in [1.82, 2.24) is 14.8 Å². The fraction of sp³-hybridized carbons (Fsp3) is 0.455. The van der Waals surface area contributed by atoms with Crippen molar-refractivity contribution in [2.75, 3.05) is 51.2 Å². The zero-order valence-corrected chi connectivity index (χ0v) is 16.7. The summed E-state index contributed by atoms with van der Waals surface area (Å²) in [5.41, 5.74) is 0.988. The maximum Gasteiger partial charge on any atom is 0.272 e. The fourth-order valence-electron chi connectivity index (χ4n) is 4.14. The molecule has 0 radical (unpaired) electrons. The van der Waals surface area contributed by atoms with Gasteiger partial charge in [0.1, 0.15) is 23.1 Å². The van der Waals surface area contributed by atoms with Gasteiger partial charge in [0.05, 0.1) is 0 Å². The lowest BCUT2D eigenvalue weighted by molar-refractivity contribution is 0.0706. The van der Waals surface area contributed by atoms with E-state index < -0.39 is 11.6 Å². The molecule has 154 valence electrons. The van der Waals surface area contributed by atoms with Gasteiger partial charge in [0, 0.05) is 45.3 Å². The maximum atomic E-state index is 14.1. The molecule has 2 saturated heterocycles. The molecule has 1 aromatic heterocycles. The molecule has 2 aromatic rings. The first-order valence-electron chi connectivity index (χ1n) is 10.2. The van der Waals surface area contributed by atoms with Crippen LogP contribution >= 0.6 is 0 Å². The van der Waals surface area contributed by atoms with Crippen LogP contribution in [0.3, 0.4) is 0 Å². The third kappa shape index (κ3) is 4.40. The molecule has 2 fully saturated rings. The first-order chi connectivity index (χ1) is 14.0. The molecule has 0 unspecified atom stereocenters. The molecular weight excluding hydrogens is 374 g/mol. The number of pyridine rings is 1. The molecular formula is C22H26F2N4O. The number of piperazine rings is 1. The molecule has 2 aliphatic rings. The Hall–Kier alpha value is -2.54. The number of halogens is 2. The lowest BCUT2D eigenvalue weighted by Crippen LogP contribution is -2.45. The van der Waals surface area contributed by atoms with Gasteiger partial charge in [-0.15, -0.1) is 0 Å². The number of likely N-dealkylation sites (N-methyl/N-ethyl adjacent to an activating group) is 1. The average Bonchev–Trinajstić information content (AvgIpc) is 2.74. The molecule has 1 amide bonds. The summed E-state index contributed by atoms with van der Waals surface area (Å²) in [5.74, 6) is -0.308. The van der Waals surface area contributed by atoms with Gasteiger partial charge in [-0.2, -0.15) is 0 Å². The summed E-state index contributed by atoms with van der Waals surface area (Å²) in [6.45, 7) is 4.84. The summed E-state index contributed by atoms with van der Waals surface area (Å²) < 4.78 is 27.2. The smallest absolute Gasteiger partial charge is 0.272 e. The molecule has 0 N–H and O–H groups in total. The summed E-state index contributed by atoms with van der Waals surface area (Å²) in [6.07, 6.45) is 1.32. The van der Waals surface area contributed by atoms with Gasteiger partial charge in [-0.3, -0.25) is 4.79 Å². The number of piperidine rings is 1. The highest BCUT2D eigenvalue weighted by Crippen LogP contribution is 2.30. The van der Waals surface area contributed by atoms with Crippen molar-refractivity contribution in [3.8, 4) is 0 Å². The molecule has 0 atom stereocenters. The Morgan fingerprint density at radius 1 is 1.00 bits per heavy atom. The van der Waals surface area contributed by atoms with E-state index in [4.69, 9.17) is 0 Å². The topological polar surface area (TPSA) is 39.7 Å². The Kier molecular flexibility index (Phi) is 5.76. The van der Waals surface area contributed by atoms with Crippen LogP contribution in [0.2, 0.25) is 0 Å². The Labute approximate surface area is 169 Å². The van der Waals surface area contributed by atoms with E-state index in [1.165, 1.54) is 12.1 Å². The molecule has 1 aromatic carbocycles. The summed E-state index contributed by atoms with van der Waals surface area (Å²) in [7, 11) is 2.10. The van der Waals surface area contributed by atoms with Crippen molar-refractivity contribution in [2.24, 2.45) is 0 Å². The van der Waals surface area contributed by atoms with Crippen LogP contribution in [0.25, 0.3) is 0 Å². The summed E-state index contributed by atoms with van der Waals surface area (Å²) in [4.78, 5) is 23.8. The number of aromatic nitrogens is 1. The molecule has 2 aliphatic heterocycles. The number of benzene rings is 1. The van der Waals surface area contributed by atoms with Gasteiger partial charge in [0.15, 0.2) is 0 Å². The third-order valence-corrected chi connectivity index (χ3v) is 5.97. The quantitative estimate of drug-likeness (QED) is 0.794. The third-order valence-electron chi connectivity index (χ3n) is 5.97. The van der Waals surface area contributed by atoms with Gasteiger partial charge < -0.3 is 14.7 Å². The van der Waals surface area contributed by atoms with E-state index in [-0.39, 0.29) is 11.8 Å². The van der Waals surface area contributed by atoms with Crippen LogP contribution in [0.5, 0.6) is 0 Å². The molecule has 3 heterocycles. The first-order valence-corrected chi connectivity index (χ1v) is 10.2. The van der Waals surface area contributed by atoms with E-state index in [9.17, 15) is 13.6 Å². The summed E-state index contributed by atoms with van der Waals surface area (Å²) in [5, 5.41) is 0. The van der Waals surface area contributed by atoms with E-state index in [1.807, 2.05) is 12.1 Å². The minimum absolute atomic E-state index is 0.00397. The predicted octanol–water partition coefficient (Wildman–Crippen LogP) is 3.13. The number of anilines is 1. The van der Waals surface area contributed by atoms with Crippen molar-refractivity contribution in [1.29, 1.82) is 0 Å². The Morgan fingerprint density at radius 2 is 1.72 bits per heavy atom. The van der Waals surface area contributed by atoms with Crippen molar-refractivity contribution in [2.45, 2.75) is 18.8 Å². The minimum Gasteiger partial charge on any atom is -0.354 e. The molecule has 0 aliphatic carbocycles. The summed E-state index contributed by atoms with van der Waals surface area (Å²) in [6, 6.07) is 9.34. The number of rotatable bonds is 3. The zero-order valence-electron chi connectivity index (χ0n) is 16.7. The van der Waals surface area contributed by atoms with Crippen LogP contribution in [0.4, 0.5) is 14.6 Å².